The molecule has 1 fully saturated rings. The molecule has 0 spiro atoms. The summed E-state index contributed by atoms with van der Waals surface area (Å²) in [6.07, 6.45) is 0.447. The zero-order chi connectivity index (χ0) is 19.2. The number of amides is 2. The molecule has 142 valence electrons. The second-order valence-corrected chi connectivity index (χ2v) is 6.58. The quantitative estimate of drug-likeness (QED) is 0.815. The van der Waals surface area contributed by atoms with Crippen LogP contribution in [0.1, 0.15) is 22.3 Å². The standard InChI is InChI=1S/C21H24N2O4/c1-26-18-10-6-9-17(20(18)27-2)21(25)22-12-16-11-19(24)23(14-16)13-15-7-4-3-5-8-15/h3-10,16H,11-14H2,1-2H3,(H,22,25). The molecule has 2 aromatic rings. The molecule has 1 N–H and O–H groups in total. The smallest absolute Gasteiger partial charge is 0.255 e. The number of para-hydroxylation sites is 1. The van der Waals surface area contributed by atoms with Gasteiger partial charge in [0, 0.05) is 32.0 Å². The molecule has 2 aromatic carbocycles. The van der Waals surface area contributed by atoms with Gasteiger partial charge in [-0.2, -0.15) is 0 Å². The number of carbonyl (C=O) groups is 2. The lowest BCUT2D eigenvalue weighted by molar-refractivity contribution is -0.128. The van der Waals surface area contributed by atoms with Gasteiger partial charge in [0.25, 0.3) is 5.91 Å². The van der Waals surface area contributed by atoms with Crippen LogP contribution in [0, 0.1) is 5.92 Å². The van der Waals surface area contributed by atoms with Crippen LogP contribution in [0.15, 0.2) is 48.5 Å². The Balaban J connectivity index is 1.58. The summed E-state index contributed by atoms with van der Waals surface area (Å²) in [6, 6.07) is 15.1. The summed E-state index contributed by atoms with van der Waals surface area (Å²) in [6.45, 7) is 1.69. The number of hydrogen-bond donors (Lipinski definition) is 1. The Hall–Kier alpha value is -3.02. The van der Waals surface area contributed by atoms with Gasteiger partial charge in [0.1, 0.15) is 0 Å². The van der Waals surface area contributed by atoms with Crippen LogP contribution in [-0.2, 0) is 11.3 Å². The van der Waals surface area contributed by atoms with Crippen molar-refractivity contribution in [3.63, 3.8) is 0 Å². The third kappa shape index (κ3) is 4.39. The van der Waals surface area contributed by atoms with E-state index < -0.39 is 0 Å². The summed E-state index contributed by atoms with van der Waals surface area (Å²) in [5, 5.41) is 2.92. The minimum atomic E-state index is -0.236. The predicted molar refractivity (Wildman–Crippen MR) is 102 cm³/mol. The molecule has 1 aliphatic heterocycles. The number of likely N-dealkylation sites (tertiary alicyclic amines) is 1. The molecule has 1 aliphatic rings. The Morgan fingerprint density at radius 3 is 2.59 bits per heavy atom. The first kappa shape index (κ1) is 18.8. The van der Waals surface area contributed by atoms with Gasteiger partial charge in [-0.3, -0.25) is 9.59 Å². The molecule has 1 atom stereocenters. The van der Waals surface area contributed by atoms with Gasteiger partial charge in [-0.1, -0.05) is 36.4 Å². The van der Waals surface area contributed by atoms with E-state index in [4.69, 9.17) is 9.47 Å². The molecule has 0 aliphatic carbocycles. The molecule has 27 heavy (non-hydrogen) atoms. The SMILES string of the molecule is COc1cccc(C(=O)NCC2CC(=O)N(Cc3ccccc3)C2)c1OC. The van der Waals surface area contributed by atoms with Gasteiger partial charge in [0.05, 0.1) is 19.8 Å². The average Bonchev–Trinajstić information content (AvgIpc) is 3.05. The second kappa shape index (κ2) is 8.58. The monoisotopic (exact) mass is 368 g/mol. The Morgan fingerprint density at radius 2 is 1.89 bits per heavy atom. The van der Waals surface area contributed by atoms with Crippen molar-refractivity contribution in [2.24, 2.45) is 5.92 Å². The van der Waals surface area contributed by atoms with E-state index in [1.165, 1.54) is 14.2 Å². The highest BCUT2D eigenvalue weighted by Gasteiger charge is 2.30. The van der Waals surface area contributed by atoms with Gasteiger partial charge < -0.3 is 19.7 Å². The molecule has 0 radical (unpaired) electrons. The fourth-order valence-corrected chi connectivity index (χ4v) is 3.35. The van der Waals surface area contributed by atoms with Crippen LogP contribution in [-0.4, -0.2) is 44.0 Å². The maximum atomic E-state index is 12.6. The van der Waals surface area contributed by atoms with Gasteiger partial charge in [-0.25, -0.2) is 0 Å². The fourth-order valence-electron chi connectivity index (χ4n) is 3.35. The minimum absolute atomic E-state index is 0.0989. The number of carbonyl (C=O) groups excluding carboxylic acids is 2. The molecule has 0 bridgehead atoms. The van der Waals surface area contributed by atoms with Crippen LogP contribution >= 0.6 is 0 Å². The molecule has 1 saturated heterocycles. The van der Waals surface area contributed by atoms with Crippen LogP contribution in [0.4, 0.5) is 0 Å². The zero-order valence-corrected chi connectivity index (χ0v) is 15.6. The first-order valence-electron chi connectivity index (χ1n) is 8.93. The van der Waals surface area contributed by atoms with Crippen molar-refractivity contribution in [2.45, 2.75) is 13.0 Å². The van der Waals surface area contributed by atoms with E-state index in [2.05, 4.69) is 5.32 Å². The molecule has 0 aromatic heterocycles. The topological polar surface area (TPSA) is 67.9 Å². The number of nitrogens with one attached hydrogen (secondary N) is 1. The van der Waals surface area contributed by atoms with Gasteiger partial charge in [-0.15, -0.1) is 0 Å². The van der Waals surface area contributed by atoms with Gasteiger partial charge in [0.2, 0.25) is 5.91 Å². The first-order chi connectivity index (χ1) is 13.1. The van der Waals surface area contributed by atoms with Crippen LogP contribution in [0.5, 0.6) is 11.5 Å². The second-order valence-electron chi connectivity index (χ2n) is 6.58. The van der Waals surface area contributed by atoms with Crippen LogP contribution in [0.25, 0.3) is 0 Å². The maximum absolute atomic E-state index is 12.6. The van der Waals surface area contributed by atoms with E-state index in [9.17, 15) is 9.59 Å². The van der Waals surface area contributed by atoms with Crippen molar-refractivity contribution in [1.29, 1.82) is 0 Å². The predicted octanol–water partition coefficient (Wildman–Crippen LogP) is 2.48. The molecule has 0 saturated carbocycles. The molecule has 1 unspecified atom stereocenters. The number of methoxy groups -OCH3 is 2. The van der Waals surface area contributed by atoms with Crippen molar-refractivity contribution in [1.82, 2.24) is 10.2 Å². The van der Waals surface area contributed by atoms with Crippen molar-refractivity contribution < 1.29 is 19.1 Å². The summed E-state index contributed by atoms with van der Waals surface area (Å²) in [7, 11) is 3.04. The molecule has 1 heterocycles. The van der Waals surface area contributed by atoms with Crippen molar-refractivity contribution >= 4 is 11.8 Å². The molecule has 3 rings (SSSR count). The van der Waals surface area contributed by atoms with Crippen LogP contribution in [0.2, 0.25) is 0 Å². The Labute approximate surface area is 159 Å². The summed E-state index contributed by atoms with van der Waals surface area (Å²) in [5.74, 6) is 0.902. The lowest BCUT2D eigenvalue weighted by atomic mass is 10.1. The van der Waals surface area contributed by atoms with Gasteiger partial charge in [-0.05, 0) is 17.7 Å². The van der Waals surface area contributed by atoms with E-state index in [1.54, 1.807) is 18.2 Å². The first-order valence-corrected chi connectivity index (χ1v) is 8.93. The maximum Gasteiger partial charge on any atom is 0.255 e. The highest BCUT2D eigenvalue weighted by molar-refractivity contribution is 5.97. The Kier molecular flexibility index (Phi) is 5.96. The number of nitrogens with zero attached hydrogens (tertiary/aromatic N) is 1. The van der Waals surface area contributed by atoms with Crippen molar-refractivity contribution in [3.8, 4) is 11.5 Å². The van der Waals surface area contributed by atoms with E-state index >= 15 is 0 Å². The molecule has 6 nitrogen and oxygen atoms in total. The molecule has 2 amide bonds. The number of rotatable bonds is 7. The van der Waals surface area contributed by atoms with E-state index in [-0.39, 0.29) is 17.7 Å². The largest absolute Gasteiger partial charge is 0.493 e. The number of benzene rings is 2. The Morgan fingerprint density at radius 1 is 1.11 bits per heavy atom. The summed E-state index contributed by atoms with van der Waals surface area (Å²) >= 11 is 0. The van der Waals surface area contributed by atoms with E-state index in [0.29, 0.717) is 43.1 Å². The minimum Gasteiger partial charge on any atom is -0.493 e. The molecular formula is C21H24N2O4. The third-order valence-corrected chi connectivity index (χ3v) is 4.71. The van der Waals surface area contributed by atoms with Crippen molar-refractivity contribution in [2.75, 3.05) is 27.3 Å². The third-order valence-electron chi connectivity index (χ3n) is 4.71. The van der Waals surface area contributed by atoms with Gasteiger partial charge >= 0.3 is 0 Å². The van der Waals surface area contributed by atoms with Crippen LogP contribution < -0.4 is 14.8 Å². The highest BCUT2D eigenvalue weighted by atomic mass is 16.5. The Bertz CT molecular complexity index is 807. The van der Waals surface area contributed by atoms with E-state index in [0.717, 1.165) is 5.56 Å². The highest BCUT2D eigenvalue weighted by Crippen LogP contribution is 2.30. The molecular weight excluding hydrogens is 344 g/mol. The number of ether oxygens (including phenoxy) is 2. The van der Waals surface area contributed by atoms with Crippen molar-refractivity contribution in [3.05, 3.63) is 59.7 Å². The summed E-state index contributed by atoms with van der Waals surface area (Å²) in [4.78, 5) is 26.7. The molecule has 6 heteroatoms. The summed E-state index contributed by atoms with van der Waals surface area (Å²) < 4.78 is 10.5. The normalized spacial score (nSPS) is 16.3. The van der Waals surface area contributed by atoms with Gasteiger partial charge in [0.15, 0.2) is 11.5 Å². The van der Waals surface area contributed by atoms with Crippen LogP contribution in [0.3, 0.4) is 0 Å². The lowest BCUT2D eigenvalue weighted by Crippen LogP contribution is -2.31. The average molecular weight is 368 g/mol. The lowest BCUT2D eigenvalue weighted by Gasteiger charge is -2.17. The fraction of sp³-hybridized carbons (Fsp3) is 0.333. The van der Waals surface area contributed by atoms with E-state index in [1.807, 2.05) is 35.2 Å². The summed E-state index contributed by atoms with van der Waals surface area (Å²) in [5.41, 5.74) is 1.53. The zero-order valence-electron chi connectivity index (χ0n) is 15.6. The number of hydrogen-bond acceptors (Lipinski definition) is 4.